The van der Waals surface area contributed by atoms with Gasteiger partial charge in [0.1, 0.15) is 4.47 Å². The van der Waals surface area contributed by atoms with Crippen LogP contribution in [-0.2, 0) is 5.41 Å². The Bertz CT molecular complexity index is 662. The maximum atomic E-state index is 12.2. The van der Waals surface area contributed by atoms with E-state index in [4.69, 9.17) is 0 Å². The molecule has 4 nitrogen and oxygen atoms in total. The van der Waals surface area contributed by atoms with E-state index < -0.39 is 0 Å². The van der Waals surface area contributed by atoms with E-state index in [-0.39, 0.29) is 17.0 Å². The number of rotatable bonds is 5. The van der Waals surface area contributed by atoms with Gasteiger partial charge in [0.05, 0.1) is 17.9 Å². The second-order valence-electron chi connectivity index (χ2n) is 5.93. The zero-order chi connectivity index (χ0) is 15.6. The molecule has 0 aromatic carbocycles. The highest BCUT2D eigenvalue weighted by Crippen LogP contribution is 2.28. The Morgan fingerprint density at radius 2 is 2.19 bits per heavy atom. The number of halogens is 1. The number of anilines is 1. The van der Waals surface area contributed by atoms with Crippen LogP contribution in [-0.4, -0.2) is 16.3 Å². The maximum Gasteiger partial charge on any atom is 0.283 e. The molecular formula is C15H20BrN3OS. The summed E-state index contributed by atoms with van der Waals surface area (Å²) in [5.74, 6) is 0. The maximum absolute atomic E-state index is 12.2. The number of nitrogens with one attached hydrogen (secondary N) is 1. The second-order valence-corrected chi connectivity index (χ2v) is 7.67. The monoisotopic (exact) mass is 369 g/mol. The van der Waals surface area contributed by atoms with Gasteiger partial charge in [0.25, 0.3) is 5.56 Å². The fourth-order valence-corrected chi connectivity index (χ4v) is 3.28. The Kier molecular flexibility index (Phi) is 4.88. The Hall–Kier alpha value is -1.14. The van der Waals surface area contributed by atoms with Gasteiger partial charge in [-0.2, -0.15) is 5.10 Å². The summed E-state index contributed by atoms with van der Waals surface area (Å²) in [6, 6.07) is 4.24. The van der Waals surface area contributed by atoms with Crippen molar-refractivity contribution in [2.45, 2.75) is 39.2 Å². The van der Waals surface area contributed by atoms with Crippen molar-refractivity contribution in [1.82, 2.24) is 9.78 Å². The molecule has 0 amide bonds. The molecule has 2 aromatic heterocycles. The lowest BCUT2D eigenvalue weighted by Gasteiger charge is -2.24. The molecule has 0 spiro atoms. The summed E-state index contributed by atoms with van der Waals surface area (Å²) in [5.41, 5.74) is 0.631. The van der Waals surface area contributed by atoms with Crippen LogP contribution in [0.15, 0.2) is 33.0 Å². The SMILES string of the molecule is CC(C)n1ncc(NCC(C)(C)c2cccs2)c(Br)c1=O. The molecule has 2 heterocycles. The summed E-state index contributed by atoms with van der Waals surface area (Å²) in [5, 5.41) is 9.63. The van der Waals surface area contributed by atoms with Crippen molar-refractivity contribution >= 4 is 33.0 Å². The molecular weight excluding hydrogens is 350 g/mol. The first-order valence-electron chi connectivity index (χ1n) is 6.88. The average molecular weight is 370 g/mol. The smallest absolute Gasteiger partial charge is 0.283 e. The fourth-order valence-electron chi connectivity index (χ4n) is 2.00. The van der Waals surface area contributed by atoms with Crippen molar-refractivity contribution in [2.24, 2.45) is 0 Å². The van der Waals surface area contributed by atoms with E-state index in [1.165, 1.54) is 9.56 Å². The molecule has 2 aromatic rings. The van der Waals surface area contributed by atoms with Gasteiger partial charge in [-0.25, -0.2) is 4.68 Å². The molecule has 2 rings (SSSR count). The van der Waals surface area contributed by atoms with E-state index in [0.29, 0.717) is 4.47 Å². The highest BCUT2D eigenvalue weighted by Gasteiger charge is 2.22. The molecule has 0 aliphatic carbocycles. The average Bonchev–Trinajstić information content (AvgIpc) is 2.95. The van der Waals surface area contributed by atoms with Gasteiger partial charge in [0.15, 0.2) is 0 Å². The Morgan fingerprint density at radius 3 is 2.76 bits per heavy atom. The standard InChI is InChI=1S/C15H20BrN3OS/c1-10(2)19-14(20)13(16)11(8-18-19)17-9-15(3,4)12-6-5-7-21-12/h5-8,10,17H,9H2,1-4H3. The van der Waals surface area contributed by atoms with Crippen molar-refractivity contribution in [3.8, 4) is 0 Å². The van der Waals surface area contributed by atoms with E-state index in [1.54, 1.807) is 17.5 Å². The van der Waals surface area contributed by atoms with Gasteiger partial charge in [-0.15, -0.1) is 11.3 Å². The topological polar surface area (TPSA) is 46.9 Å². The number of aromatic nitrogens is 2. The second kappa shape index (κ2) is 6.32. The van der Waals surface area contributed by atoms with Crippen LogP contribution in [0, 0.1) is 0 Å². The number of hydrogen-bond donors (Lipinski definition) is 1. The molecule has 0 fully saturated rings. The minimum Gasteiger partial charge on any atom is -0.382 e. The van der Waals surface area contributed by atoms with E-state index in [1.807, 2.05) is 13.8 Å². The van der Waals surface area contributed by atoms with Crippen LogP contribution < -0.4 is 10.9 Å². The third kappa shape index (κ3) is 3.55. The van der Waals surface area contributed by atoms with Crippen LogP contribution in [0.2, 0.25) is 0 Å². The lowest BCUT2D eigenvalue weighted by molar-refractivity contribution is 0.500. The van der Waals surface area contributed by atoms with Crippen LogP contribution >= 0.6 is 27.3 Å². The van der Waals surface area contributed by atoms with Gasteiger partial charge in [-0.05, 0) is 41.2 Å². The van der Waals surface area contributed by atoms with Crippen LogP contribution in [0.4, 0.5) is 5.69 Å². The first-order valence-corrected chi connectivity index (χ1v) is 8.55. The van der Waals surface area contributed by atoms with Crippen molar-refractivity contribution in [3.05, 3.63) is 43.4 Å². The molecule has 114 valence electrons. The summed E-state index contributed by atoms with van der Waals surface area (Å²) >= 11 is 5.13. The molecule has 21 heavy (non-hydrogen) atoms. The quantitative estimate of drug-likeness (QED) is 0.864. The molecule has 0 aliphatic rings. The van der Waals surface area contributed by atoms with Gasteiger partial charge in [0, 0.05) is 16.8 Å². The summed E-state index contributed by atoms with van der Waals surface area (Å²) in [6.07, 6.45) is 1.70. The van der Waals surface area contributed by atoms with E-state index >= 15 is 0 Å². The zero-order valence-corrected chi connectivity index (χ0v) is 15.1. The van der Waals surface area contributed by atoms with E-state index in [0.717, 1.165) is 12.2 Å². The highest BCUT2D eigenvalue weighted by molar-refractivity contribution is 9.10. The molecule has 0 radical (unpaired) electrons. The Morgan fingerprint density at radius 1 is 1.48 bits per heavy atom. The van der Waals surface area contributed by atoms with Crippen molar-refractivity contribution in [1.29, 1.82) is 0 Å². The molecule has 0 unspecified atom stereocenters. The molecule has 0 saturated heterocycles. The van der Waals surface area contributed by atoms with Crippen molar-refractivity contribution in [2.75, 3.05) is 11.9 Å². The molecule has 1 N–H and O–H groups in total. The Labute approximate surface area is 137 Å². The molecule has 6 heteroatoms. The normalized spacial score (nSPS) is 11.9. The minimum absolute atomic E-state index is 0.000512. The van der Waals surface area contributed by atoms with Gasteiger partial charge in [-0.3, -0.25) is 4.79 Å². The van der Waals surface area contributed by atoms with Crippen LogP contribution in [0.25, 0.3) is 0 Å². The number of nitrogens with zero attached hydrogens (tertiary/aromatic N) is 2. The summed E-state index contributed by atoms with van der Waals surface area (Å²) in [7, 11) is 0. The van der Waals surface area contributed by atoms with Gasteiger partial charge < -0.3 is 5.32 Å². The molecule has 0 aliphatic heterocycles. The molecule has 0 saturated carbocycles. The zero-order valence-electron chi connectivity index (χ0n) is 12.7. The van der Waals surface area contributed by atoms with E-state index in [2.05, 4.69) is 57.7 Å². The predicted octanol–water partition coefficient (Wildman–Crippen LogP) is 4.04. The van der Waals surface area contributed by atoms with Crippen LogP contribution in [0.3, 0.4) is 0 Å². The number of hydrogen-bond acceptors (Lipinski definition) is 4. The third-order valence-electron chi connectivity index (χ3n) is 3.34. The minimum atomic E-state index is -0.107. The fraction of sp³-hybridized carbons (Fsp3) is 0.467. The Balaban J connectivity index is 2.18. The summed E-state index contributed by atoms with van der Waals surface area (Å²) < 4.78 is 2.01. The van der Waals surface area contributed by atoms with Crippen LogP contribution in [0.5, 0.6) is 0 Å². The van der Waals surface area contributed by atoms with Crippen LogP contribution in [0.1, 0.15) is 38.6 Å². The lowest BCUT2D eigenvalue weighted by atomic mass is 9.91. The van der Waals surface area contributed by atoms with Gasteiger partial charge >= 0.3 is 0 Å². The molecule has 0 atom stereocenters. The van der Waals surface area contributed by atoms with Gasteiger partial charge in [-0.1, -0.05) is 19.9 Å². The number of thiophene rings is 1. The third-order valence-corrected chi connectivity index (χ3v) is 5.34. The lowest BCUT2D eigenvalue weighted by Crippen LogP contribution is -2.29. The highest BCUT2D eigenvalue weighted by atomic mass is 79.9. The summed E-state index contributed by atoms with van der Waals surface area (Å²) in [6.45, 7) is 8.98. The van der Waals surface area contributed by atoms with Gasteiger partial charge in [0.2, 0.25) is 0 Å². The largest absolute Gasteiger partial charge is 0.382 e. The van der Waals surface area contributed by atoms with Crippen molar-refractivity contribution in [3.63, 3.8) is 0 Å². The van der Waals surface area contributed by atoms with Crippen molar-refractivity contribution < 1.29 is 0 Å². The first-order chi connectivity index (χ1) is 9.83. The summed E-state index contributed by atoms with van der Waals surface area (Å²) in [4.78, 5) is 13.5. The molecule has 0 bridgehead atoms. The first kappa shape index (κ1) is 16.2. The van der Waals surface area contributed by atoms with E-state index in [9.17, 15) is 4.79 Å². The predicted molar refractivity (Wildman–Crippen MR) is 92.4 cm³/mol.